The normalized spacial score (nSPS) is 10.9. The number of aromatic nitrogens is 2. The maximum Gasteiger partial charge on any atom is 0.243 e. The molecule has 0 radical (unpaired) electrons. The molecule has 0 atom stereocenters. The first-order chi connectivity index (χ1) is 14.0. The minimum Gasteiger partial charge on any atom is -0.350 e. The predicted octanol–water partition coefficient (Wildman–Crippen LogP) is 5.05. The first-order valence-electron chi connectivity index (χ1n) is 9.39. The van der Waals surface area contributed by atoms with Crippen molar-refractivity contribution >= 4 is 39.7 Å². The van der Waals surface area contributed by atoms with Gasteiger partial charge in [0.2, 0.25) is 5.91 Å². The summed E-state index contributed by atoms with van der Waals surface area (Å²) in [6, 6.07) is 15.8. The number of hydrogen-bond acceptors (Lipinski definition) is 5. The molecule has 5 nitrogen and oxygen atoms in total. The second-order valence-electron chi connectivity index (χ2n) is 7.05. The zero-order valence-corrected chi connectivity index (χ0v) is 17.5. The highest BCUT2D eigenvalue weighted by atomic mass is 32.1. The maximum absolute atomic E-state index is 12.7. The van der Waals surface area contributed by atoms with Gasteiger partial charge in [0.05, 0.1) is 12.1 Å². The van der Waals surface area contributed by atoms with E-state index in [1.54, 1.807) is 11.3 Å². The number of fused-ring (bicyclic) bond motifs is 1. The zero-order chi connectivity index (χ0) is 20.4. The Hall–Kier alpha value is -3.25. The smallest absolute Gasteiger partial charge is 0.243 e. The Balaban J connectivity index is 1.63. The molecule has 29 heavy (non-hydrogen) atoms. The molecule has 0 saturated carbocycles. The van der Waals surface area contributed by atoms with Crippen molar-refractivity contribution in [1.29, 1.82) is 0 Å². The fourth-order valence-corrected chi connectivity index (χ4v) is 3.87. The van der Waals surface area contributed by atoms with Crippen LogP contribution in [-0.2, 0) is 4.79 Å². The molecule has 1 amide bonds. The van der Waals surface area contributed by atoms with Gasteiger partial charge in [-0.2, -0.15) is 11.3 Å². The molecular weight excluding hydrogens is 380 g/mol. The number of anilines is 2. The van der Waals surface area contributed by atoms with Gasteiger partial charge >= 0.3 is 0 Å². The number of carbonyl (C=O) groups excluding carboxylic acids is 1. The molecule has 0 aliphatic rings. The number of nitrogens with one attached hydrogen (secondary N) is 1. The summed E-state index contributed by atoms with van der Waals surface area (Å²) in [5.41, 5.74) is 4.92. The number of nitrogens with zero attached hydrogens (tertiary/aromatic N) is 3. The predicted molar refractivity (Wildman–Crippen MR) is 121 cm³/mol. The van der Waals surface area contributed by atoms with E-state index in [1.807, 2.05) is 85.1 Å². The van der Waals surface area contributed by atoms with E-state index in [4.69, 9.17) is 9.97 Å². The Labute approximate surface area is 174 Å². The number of aryl methyl sites for hydroxylation is 1. The van der Waals surface area contributed by atoms with Crippen LogP contribution in [0.5, 0.6) is 0 Å². The summed E-state index contributed by atoms with van der Waals surface area (Å²) in [7, 11) is 1.88. The largest absolute Gasteiger partial charge is 0.350 e. The molecule has 0 unspecified atom stereocenters. The van der Waals surface area contributed by atoms with E-state index in [2.05, 4.69) is 5.32 Å². The lowest BCUT2D eigenvalue weighted by Crippen LogP contribution is -2.31. The molecule has 0 fully saturated rings. The minimum absolute atomic E-state index is 0.0824. The van der Waals surface area contributed by atoms with E-state index in [9.17, 15) is 4.79 Å². The summed E-state index contributed by atoms with van der Waals surface area (Å²) < 4.78 is 0. The molecule has 4 aromatic rings. The molecule has 0 bridgehead atoms. The monoisotopic (exact) mass is 402 g/mol. The highest BCUT2D eigenvalue weighted by Gasteiger charge is 2.16. The van der Waals surface area contributed by atoms with Gasteiger partial charge in [-0.05, 0) is 54.6 Å². The summed E-state index contributed by atoms with van der Waals surface area (Å²) in [6.07, 6.45) is 0. The van der Waals surface area contributed by atoms with Crippen LogP contribution in [0.3, 0.4) is 0 Å². The quantitative estimate of drug-likeness (QED) is 0.507. The second-order valence-corrected chi connectivity index (χ2v) is 7.83. The third kappa shape index (κ3) is 3.98. The Bertz CT molecular complexity index is 1170. The molecule has 2 aromatic carbocycles. The third-order valence-electron chi connectivity index (χ3n) is 4.98. The van der Waals surface area contributed by atoms with Gasteiger partial charge in [0.15, 0.2) is 5.82 Å². The van der Waals surface area contributed by atoms with Crippen LogP contribution in [0, 0.1) is 13.8 Å². The molecule has 1 N–H and O–H groups in total. The summed E-state index contributed by atoms with van der Waals surface area (Å²) in [4.78, 5) is 24.1. The van der Waals surface area contributed by atoms with Gasteiger partial charge < -0.3 is 10.2 Å². The third-order valence-corrected chi connectivity index (χ3v) is 5.67. The van der Waals surface area contributed by atoms with Gasteiger partial charge in [0.1, 0.15) is 5.82 Å². The Morgan fingerprint density at radius 3 is 2.69 bits per heavy atom. The summed E-state index contributed by atoms with van der Waals surface area (Å²) in [5, 5.41) is 7.98. The van der Waals surface area contributed by atoms with E-state index in [0.717, 1.165) is 39.1 Å². The van der Waals surface area contributed by atoms with Crippen LogP contribution in [-0.4, -0.2) is 29.5 Å². The number of rotatable bonds is 5. The molecule has 4 rings (SSSR count). The molecule has 0 aliphatic heterocycles. The van der Waals surface area contributed by atoms with Crippen molar-refractivity contribution in [2.75, 3.05) is 23.8 Å². The van der Waals surface area contributed by atoms with Crippen LogP contribution in [0.1, 0.15) is 11.1 Å². The lowest BCUT2D eigenvalue weighted by atomic mass is 10.1. The van der Waals surface area contributed by atoms with Crippen molar-refractivity contribution < 1.29 is 4.79 Å². The number of amides is 1. The molecule has 2 heterocycles. The fourth-order valence-electron chi connectivity index (χ4n) is 3.24. The zero-order valence-electron chi connectivity index (χ0n) is 16.6. The van der Waals surface area contributed by atoms with Crippen LogP contribution < -0.4 is 10.2 Å². The molecule has 0 aliphatic carbocycles. The Morgan fingerprint density at radius 2 is 1.90 bits per heavy atom. The van der Waals surface area contributed by atoms with Crippen molar-refractivity contribution in [2.24, 2.45) is 0 Å². The van der Waals surface area contributed by atoms with Crippen LogP contribution in [0.2, 0.25) is 0 Å². The maximum atomic E-state index is 12.7. The molecule has 0 saturated heterocycles. The van der Waals surface area contributed by atoms with Crippen molar-refractivity contribution in [1.82, 2.24) is 9.97 Å². The lowest BCUT2D eigenvalue weighted by Gasteiger charge is -2.20. The standard InChI is InChI=1S/C23H22N4OS/c1-15-7-6-10-19(16(15)2)24-21(28)13-27(3)23-18-8-4-5-9-20(18)25-22(26-23)17-11-12-29-14-17/h4-12,14H,13H2,1-3H3,(H,24,28). The van der Waals surface area contributed by atoms with Crippen molar-refractivity contribution in [3.05, 3.63) is 70.4 Å². The van der Waals surface area contributed by atoms with Gasteiger partial charge in [-0.1, -0.05) is 24.3 Å². The van der Waals surface area contributed by atoms with Gasteiger partial charge in [0, 0.05) is 29.1 Å². The Morgan fingerprint density at radius 1 is 1.07 bits per heavy atom. The number of thiophene rings is 1. The number of carbonyl (C=O) groups is 1. The van der Waals surface area contributed by atoms with Crippen LogP contribution in [0.15, 0.2) is 59.3 Å². The SMILES string of the molecule is Cc1cccc(NC(=O)CN(C)c2nc(-c3ccsc3)nc3ccccc23)c1C. The fraction of sp³-hybridized carbons (Fsp3) is 0.174. The van der Waals surface area contributed by atoms with Gasteiger partial charge in [-0.3, -0.25) is 4.79 Å². The Kier molecular flexibility index (Phi) is 5.27. The summed E-state index contributed by atoms with van der Waals surface area (Å²) in [6.45, 7) is 4.24. The van der Waals surface area contributed by atoms with Gasteiger partial charge in [0.25, 0.3) is 0 Å². The first kappa shape index (κ1) is 19.1. The van der Waals surface area contributed by atoms with E-state index in [1.165, 1.54) is 0 Å². The van der Waals surface area contributed by atoms with E-state index < -0.39 is 0 Å². The van der Waals surface area contributed by atoms with E-state index in [-0.39, 0.29) is 12.5 Å². The molecule has 146 valence electrons. The average Bonchev–Trinajstić information content (AvgIpc) is 3.25. The molecule has 0 spiro atoms. The number of para-hydroxylation sites is 1. The van der Waals surface area contributed by atoms with Crippen LogP contribution in [0.4, 0.5) is 11.5 Å². The number of benzene rings is 2. The highest BCUT2D eigenvalue weighted by Crippen LogP contribution is 2.28. The molecular formula is C23H22N4OS. The number of likely N-dealkylation sites (N-methyl/N-ethyl adjacent to an activating group) is 1. The van der Waals surface area contributed by atoms with E-state index >= 15 is 0 Å². The van der Waals surface area contributed by atoms with Crippen molar-refractivity contribution in [3.63, 3.8) is 0 Å². The highest BCUT2D eigenvalue weighted by molar-refractivity contribution is 7.08. The lowest BCUT2D eigenvalue weighted by molar-refractivity contribution is -0.114. The van der Waals surface area contributed by atoms with Crippen molar-refractivity contribution in [2.45, 2.75) is 13.8 Å². The second kappa shape index (κ2) is 8.01. The molecule has 6 heteroatoms. The summed E-state index contributed by atoms with van der Waals surface area (Å²) in [5.74, 6) is 1.33. The number of hydrogen-bond donors (Lipinski definition) is 1. The first-order valence-corrected chi connectivity index (χ1v) is 10.3. The van der Waals surface area contributed by atoms with Gasteiger partial charge in [-0.15, -0.1) is 0 Å². The topological polar surface area (TPSA) is 58.1 Å². The van der Waals surface area contributed by atoms with Crippen LogP contribution >= 0.6 is 11.3 Å². The average molecular weight is 403 g/mol. The van der Waals surface area contributed by atoms with Crippen LogP contribution in [0.25, 0.3) is 22.3 Å². The van der Waals surface area contributed by atoms with Gasteiger partial charge in [-0.25, -0.2) is 9.97 Å². The van der Waals surface area contributed by atoms with E-state index in [0.29, 0.717) is 5.82 Å². The minimum atomic E-state index is -0.0824. The summed E-state index contributed by atoms with van der Waals surface area (Å²) >= 11 is 1.61. The molecule has 2 aromatic heterocycles. The van der Waals surface area contributed by atoms with Crippen molar-refractivity contribution in [3.8, 4) is 11.4 Å².